The third kappa shape index (κ3) is 3.62. The first kappa shape index (κ1) is 15.7. The maximum absolute atomic E-state index is 12.3. The Balaban J connectivity index is 1.68. The molecule has 1 aromatic carbocycles. The first-order chi connectivity index (χ1) is 11.3. The summed E-state index contributed by atoms with van der Waals surface area (Å²) in [6, 6.07) is 10.1. The molecule has 2 aromatic rings. The summed E-state index contributed by atoms with van der Waals surface area (Å²) in [5.41, 5.74) is 4.30. The van der Waals surface area contributed by atoms with Crippen LogP contribution in [0.15, 0.2) is 30.3 Å². The number of H-pyrrole nitrogens is 1. The molecule has 0 aliphatic carbocycles. The largest absolute Gasteiger partial charge is 0.372 e. The number of ether oxygens (including phenoxy) is 1. The molecule has 5 heteroatoms. The molecule has 1 aromatic heterocycles. The van der Waals surface area contributed by atoms with E-state index in [9.17, 15) is 4.79 Å². The number of nitrogens with zero attached hydrogens (tertiary/aromatic N) is 2. The summed E-state index contributed by atoms with van der Waals surface area (Å²) in [7, 11) is 0. The fourth-order valence-corrected chi connectivity index (χ4v) is 2.84. The van der Waals surface area contributed by atoms with Gasteiger partial charge in [-0.3, -0.25) is 9.89 Å². The maximum Gasteiger partial charge on any atom is 0.248 e. The molecule has 3 rings (SSSR count). The standard InChI is InChI=1S/C18H23N3O2/c1-2-3-11-23-13-17(22)21-10-9-16-15(12-21)18(20-19-16)14-7-5-4-6-8-14/h4-8H,2-3,9-13H2,1H3,(H,19,20). The summed E-state index contributed by atoms with van der Waals surface area (Å²) in [6.07, 6.45) is 2.89. The van der Waals surface area contributed by atoms with Crippen molar-refractivity contribution in [1.29, 1.82) is 0 Å². The second kappa shape index (κ2) is 7.42. The number of carbonyl (C=O) groups excluding carboxylic acids is 1. The van der Waals surface area contributed by atoms with Gasteiger partial charge in [0.25, 0.3) is 0 Å². The molecule has 0 bridgehead atoms. The van der Waals surface area contributed by atoms with Gasteiger partial charge in [-0.1, -0.05) is 43.7 Å². The van der Waals surface area contributed by atoms with Crippen LogP contribution in [0.3, 0.4) is 0 Å². The molecule has 0 atom stereocenters. The maximum atomic E-state index is 12.3. The molecule has 2 heterocycles. The summed E-state index contributed by atoms with van der Waals surface area (Å²) in [5.74, 6) is 0.0620. The number of unbranched alkanes of at least 4 members (excludes halogenated alkanes) is 1. The molecule has 5 nitrogen and oxygen atoms in total. The first-order valence-electron chi connectivity index (χ1n) is 8.26. The molecule has 1 amide bonds. The van der Waals surface area contributed by atoms with Gasteiger partial charge in [0.15, 0.2) is 0 Å². The van der Waals surface area contributed by atoms with Gasteiger partial charge in [0.05, 0.1) is 5.69 Å². The van der Waals surface area contributed by atoms with E-state index in [1.54, 1.807) is 0 Å². The molecule has 122 valence electrons. The lowest BCUT2D eigenvalue weighted by Crippen LogP contribution is -2.38. The van der Waals surface area contributed by atoms with Crippen LogP contribution in [-0.2, 0) is 22.5 Å². The summed E-state index contributed by atoms with van der Waals surface area (Å²) in [6.45, 7) is 4.27. The van der Waals surface area contributed by atoms with Crippen molar-refractivity contribution in [2.75, 3.05) is 19.8 Å². The summed E-state index contributed by atoms with van der Waals surface area (Å²) < 4.78 is 5.46. The Bertz CT molecular complexity index is 652. The smallest absolute Gasteiger partial charge is 0.248 e. The Morgan fingerprint density at radius 3 is 2.96 bits per heavy atom. The summed E-state index contributed by atoms with van der Waals surface area (Å²) in [4.78, 5) is 14.2. The molecule has 0 saturated carbocycles. The third-order valence-electron chi connectivity index (χ3n) is 4.20. The molecule has 1 N–H and O–H groups in total. The molecular formula is C18H23N3O2. The highest BCUT2D eigenvalue weighted by atomic mass is 16.5. The number of aromatic nitrogens is 2. The third-order valence-corrected chi connectivity index (χ3v) is 4.20. The normalized spacial score (nSPS) is 13.9. The number of amides is 1. The van der Waals surface area contributed by atoms with Gasteiger partial charge in [-0.25, -0.2) is 0 Å². The number of hydrogen-bond acceptors (Lipinski definition) is 3. The highest BCUT2D eigenvalue weighted by molar-refractivity contribution is 5.78. The van der Waals surface area contributed by atoms with Crippen LogP contribution in [0.4, 0.5) is 0 Å². The van der Waals surface area contributed by atoms with Crippen LogP contribution < -0.4 is 0 Å². The Kier molecular flexibility index (Phi) is 5.08. The number of benzene rings is 1. The Morgan fingerprint density at radius 1 is 1.35 bits per heavy atom. The fourth-order valence-electron chi connectivity index (χ4n) is 2.84. The number of rotatable bonds is 6. The number of hydrogen-bond donors (Lipinski definition) is 1. The van der Waals surface area contributed by atoms with Gasteiger partial charge < -0.3 is 9.64 Å². The average molecular weight is 313 g/mol. The Labute approximate surface area is 136 Å². The van der Waals surface area contributed by atoms with E-state index < -0.39 is 0 Å². The van der Waals surface area contributed by atoms with Gasteiger partial charge in [0.2, 0.25) is 5.91 Å². The number of carbonyl (C=O) groups is 1. The van der Waals surface area contributed by atoms with Crippen molar-refractivity contribution >= 4 is 5.91 Å². The summed E-state index contributed by atoms with van der Waals surface area (Å²) in [5, 5.41) is 7.58. The molecule has 0 fully saturated rings. The van der Waals surface area contributed by atoms with Crippen LogP contribution in [0.5, 0.6) is 0 Å². The quantitative estimate of drug-likeness (QED) is 0.834. The second-order valence-corrected chi connectivity index (χ2v) is 5.87. The van der Waals surface area contributed by atoms with Crippen molar-refractivity contribution in [2.24, 2.45) is 0 Å². The monoisotopic (exact) mass is 313 g/mol. The molecule has 1 aliphatic heterocycles. The lowest BCUT2D eigenvalue weighted by Gasteiger charge is -2.27. The van der Waals surface area contributed by atoms with Crippen LogP contribution in [-0.4, -0.2) is 40.8 Å². The van der Waals surface area contributed by atoms with Crippen molar-refractivity contribution in [3.8, 4) is 11.3 Å². The molecule has 0 unspecified atom stereocenters. The second-order valence-electron chi connectivity index (χ2n) is 5.87. The molecule has 0 radical (unpaired) electrons. The Morgan fingerprint density at radius 2 is 2.17 bits per heavy atom. The van der Waals surface area contributed by atoms with E-state index in [1.807, 2.05) is 35.2 Å². The van der Waals surface area contributed by atoms with Crippen molar-refractivity contribution in [1.82, 2.24) is 15.1 Å². The van der Waals surface area contributed by atoms with Crippen molar-refractivity contribution < 1.29 is 9.53 Å². The van der Waals surface area contributed by atoms with Crippen molar-refractivity contribution in [3.05, 3.63) is 41.6 Å². The highest BCUT2D eigenvalue weighted by Gasteiger charge is 2.25. The minimum absolute atomic E-state index is 0.0620. The van der Waals surface area contributed by atoms with E-state index >= 15 is 0 Å². The predicted molar refractivity (Wildman–Crippen MR) is 88.9 cm³/mol. The van der Waals surface area contributed by atoms with Gasteiger partial charge in [0, 0.05) is 42.9 Å². The number of nitrogens with one attached hydrogen (secondary N) is 1. The minimum atomic E-state index is 0.0620. The molecule has 1 aliphatic rings. The average Bonchev–Trinajstić information content (AvgIpc) is 3.02. The minimum Gasteiger partial charge on any atom is -0.372 e. The zero-order valence-corrected chi connectivity index (χ0v) is 13.5. The Hall–Kier alpha value is -2.14. The van der Waals surface area contributed by atoms with E-state index in [0.29, 0.717) is 13.2 Å². The fraction of sp³-hybridized carbons (Fsp3) is 0.444. The molecule has 0 spiro atoms. The lowest BCUT2D eigenvalue weighted by molar-refractivity contribution is -0.137. The van der Waals surface area contributed by atoms with Gasteiger partial charge in [0.1, 0.15) is 6.61 Å². The van der Waals surface area contributed by atoms with Crippen molar-refractivity contribution in [2.45, 2.75) is 32.7 Å². The SMILES string of the molecule is CCCCOCC(=O)N1CCc2[nH]nc(-c3ccccc3)c2C1. The molecular weight excluding hydrogens is 290 g/mol. The van der Waals surface area contributed by atoms with Crippen LogP contribution in [0.1, 0.15) is 31.0 Å². The van der Waals surface area contributed by atoms with Crippen LogP contribution in [0.25, 0.3) is 11.3 Å². The van der Waals surface area contributed by atoms with Gasteiger partial charge in [-0.05, 0) is 6.42 Å². The van der Waals surface area contributed by atoms with Crippen molar-refractivity contribution in [3.63, 3.8) is 0 Å². The zero-order valence-electron chi connectivity index (χ0n) is 13.5. The van der Waals surface area contributed by atoms with Gasteiger partial charge in [-0.15, -0.1) is 0 Å². The summed E-state index contributed by atoms with van der Waals surface area (Å²) >= 11 is 0. The molecule has 0 saturated heterocycles. The van der Waals surface area contributed by atoms with Crippen LogP contribution in [0, 0.1) is 0 Å². The predicted octanol–water partition coefficient (Wildman–Crippen LogP) is 2.78. The van der Waals surface area contributed by atoms with E-state index in [2.05, 4.69) is 17.1 Å². The van der Waals surface area contributed by atoms with E-state index in [0.717, 1.165) is 48.3 Å². The number of aromatic amines is 1. The molecule has 23 heavy (non-hydrogen) atoms. The van der Waals surface area contributed by atoms with Crippen LogP contribution in [0.2, 0.25) is 0 Å². The number of fused-ring (bicyclic) bond motifs is 1. The highest BCUT2D eigenvalue weighted by Crippen LogP contribution is 2.28. The zero-order chi connectivity index (χ0) is 16.1. The van der Waals surface area contributed by atoms with Crippen LogP contribution >= 0.6 is 0 Å². The van der Waals surface area contributed by atoms with Gasteiger partial charge in [-0.2, -0.15) is 5.10 Å². The van der Waals surface area contributed by atoms with E-state index in [-0.39, 0.29) is 12.5 Å². The van der Waals surface area contributed by atoms with E-state index in [4.69, 9.17) is 4.74 Å². The van der Waals surface area contributed by atoms with Gasteiger partial charge >= 0.3 is 0 Å². The van der Waals surface area contributed by atoms with E-state index in [1.165, 1.54) is 0 Å². The lowest BCUT2D eigenvalue weighted by atomic mass is 10.0. The first-order valence-corrected chi connectivity index (χ1v) is 8.26. The topological polar surface area (TPSA) is 58.2 Å².